The highest BCUT2D eigenvalue weighted by Crippen LogP contribution is 2.32. The van der Waals surface area contributed by atoms with Crippen LogP contribution in [0, 0.1) is 0 Å². The van der Waals surface area contributed by atoms with Gasteiger partial charge in [-0.05, 0) is 36.3 Å². The van der Waals surface area contributed by atoms with Gasteiger partial charge in [-0.15, -0.1) is 0 Å². The average Bonchev–Trinajstić information content (AvgIpc) is 2.75. The summed E-state index contributed by atoms with van der Waals surface area (Å²) in [7, 11) is 2.40. The lowest BCUT2D eigenvalue weighted by atomic mass is 9.84. The van der Waals surface area contributed by atoms with Crippen molar-refractivity contribution in [3.63, 3.8) is 0 Å². The van der Waals surface area contributed by atoms with Crippen LogP contribution >= 0.6 is 0 Å². The molecule has 1 aromatic carbocycles. The summed E-state index contributed by atoms with van der Waals surface area (Å²) in [5.74, 6) is 0.389. The van der Waals surface area contributed by atoms with E-state index in [0.29, 0.717) is 5.75 Å². The van der Waals surface area contributed by atoms with Crippen molar-refractivity contribution < 1.29 is 9.59 Å². The molecular weight excluding hydrogens is 396 g/mol. The number of aromatic hydroxyl groups is 1. The van der Waals surface area contributed by atoms with Crippen molar-refractivity contribution in [1.29, 1.82) is 0 Å². The van der Waals surface area contributed by atoms with Gasteiger partial charge in [0.25, 0.3) is 0 Å². The van der Waals surface area contributed by atoms with Crippen LogP contribution in [0.2, 0.25) is 0 Å². The van der Waals surface area contributed by atoms with Crippen molar-refractivity contribution in [2.75, 3.05) is 39.8 Å². The van der Waals surface area contributed by atoms with Gasteiger partial charge in [-0.1, -0.05) is 53.0 Å². The number of phenols is 1. The molecule has 180 valence electrons. The summed E-state index contributed by atoms with van der Waals surface area (Å²) in [6, 6.07) is 4.64. The highest BCUT2D eigenvalue weighted by atomic mass is 16.3. The van der Waals surface area contributed by atoms with Gasteiger partial charge in [-0.3, -0.25) is 9.89 Å². The Labute approximate surface area is 196 Å². The van der Waals surface area contributed by atoms with E-state index in [0.717, 1.165) is 43.6 Å². The maximum atomic E-state index is 11.2. The van der Waals surface area contributed by atoms with E-state index in [1.807, 2.05) is 6.21 Å². The molecule has 1 aliphatic carbocycles. The number of aliphatic imine (C=N–C) groups is 1. The minimum atomic E-state index is 0.0177. The lowest BCUT2D eigenvalue weighted by molar-refractivity contribution is -0.914. The van der Waals surface area contributed by atoms with Crippen LogP contribution in [0.3, 0.4) is 0 Å². The SMILES string of the molecule is CCCC[N+]1(C)CCN(Cc2cc(C(C)(C)C)cc(/C=N/[C@@H]3CCCC[C@H]3N)c2O)CC1. The largest absolute Gasteiger partial charge is 0.507 e. The fourth-order valence-electron chi connectivity index (χ4n) is 5.02. The molecule has 1 saturated carbocycles. The Kier molecular flexibility index (Phi) is 8.40. The topological polar surface area (TPSA) is 61.8 Å². The monoisotopic (exact) mass is 443 g/mol. The second-order valence-corrected chi connectivity index (χ2v) is 11.5. The summed E-state index contributed by atoms with van der Waals surface area (Å²) < 4.78 is 1.18. The molecule has 0 spiro atoms. The molecule has 1 heterocycles. The summed E-state index contributed by atoms with van der Waals surface area (Å²) in [5.41, 5.74) is 9.43. The van der Waals surface area contributed by atoms with E-state index >= 15 is 0 Å². The van der Waals surface area contributed by atoms with Gasteiger partial charge >= 0.3 is 0 Å². The number of nitrogens with two attached hydrogens (primary N) is 1. The number of hydrogen-bond donors (Lipinski definition) is 2. The maximum absolute atomic E-state index is 11.2. The van der Waals surface area contributed by atoms with Crippen molar-refractivity contribution in [3.05, 3.63) is 28.8 Å². The molecule has 5 heteroatoms. The maximum Gasteiger partial charge on any atom is 0.128 e. The van der Waals surface area contributed by atoms with E-state index in [9.17, 15) is 5.11 Å². The minimum Gasteiger partial charge on any atom is -0.507 e. The Hall–Kier alpha value is -1.43. The molecule has 2 atom stereocenters. The minimum absolute atomic E-state index is 0.0177. The van der Waals surface area contributed by atoms with Gasteiger partial charge < -0.3 is 15.3 Å². The number of likely N-dealkylation sites (N-methyl/N-ethyl adjacent to an activating group) is 1. The number of piperazine rings is 1. The second-order valence-electron chi connectivity index (χ2n) is 11.5. The van der Waals surface area contributed by atoms with E-state index in [1.54, 1.807) is 0 Å². The lowest BCUT2D eigenvalue weighted by Crippen LogP contribution is -2.57. The lowest BCUT2D eigenvalue weighted by Gasteiger charge is -2.42. The van der Waals surface area contributed by atoms with E-state index < -0.39 is 0 Å². The van der Waals surface area contributed by atoms with Crippen LogP contribution in [0.1, 0.15) is 82.9 Å². The van der Waals surface area contributed by atoms with Crippen LogP contribution < -0.4 is 5.73 Å². The standard InChI is InChI=1S/C27H46N4O/c1-6-7-14-31(5)15-12-30(13-16-31)20-22-18-23(27(2,3)4)17-21(26(22)32)19-29-25-11-9-8-10-24(25)28/h17-19,24-25H,6-16,20,28H2,1-5H3/p+1/t24-,25-/m1/s1. The van der Waals surface area contributed by atoms with E-state index in [2.05, 4.69) is 51.8 Å². The van der Waals surface area contributed by atoms with Gasteiger partial charge in [0.2, 0.25) is 0 Å². The predicted molar refractivity (Wildman–Crippen MR) is 136 cm³/mol. The molecule has 1 aliphatic heterocycles. The first-order valence-electron chi connectivity index (χ1n) is 12.8. The Morgan fingerprint density at radius 1 is 1.19 bits per heavy atom. The molecule has 0 bridgehead atoms. The Bertz CT molecular complexity index is 775. The van der Waals surface area contributed by atoms with Gasteiger partial charge in [0.15, 0.2) is 0 Å². The number of quaternary nitrogens is 1. The molecule has 2 fully saturated rings. The highest BCUT2D eigenvalue weighted by molar-refractivity contribution is 5.85. The first-order valence-corrected chi connectivity index (χ1v) is 12.8. The number of phenolic OH excluding ortho intramolecular Hbond substituents is 1. The van der Waals surface area contributed by atoms with Crippen LogP contribution in [0.4, 0.5) is 0 Å². The van der Waals surface area contributed by atoms with E-state index in [1.165, 1.54) is 55.4 Å². The molecule has 5 nitrogen and oxygen atoms in total. The third-order valence-electron chi connectivity index (χ3n) is 7.63. The van der Waals surface area contributed by atoms with E-state index in [4.69, 9.17) is 10.7 Å². The zero-order valence-electron chi connectivity index (χ0n) is 21.2. The van der Waals surface area contributed by atoms with Crippen LogP contribution in [-0.4, -0.2) is 72.6 Å². The first kappa shape index (κ1) is 25.2. The van der Waals surface area contributed by atoms with Crippen LogP contribution in [-0.2, 0) is 12.0 Å². The van der Waals surface area contributed by atoms with Crippen LogP contribution in [0.5, 0.6) is 5.75 Å². The first-order chi connectivity index (χ1) is 15.1. The van der Waals surface area contributed by atoms with Gasteiger partial charge in [-0.25, -0.2) is 0 Å². The Morgan fingerprint density at radius 3 is 2.50 bits per heavy atom. The molecule has 0 unspecified atom stereocenters. The predicted octanol–water partition coefficient (Wildman–Crippen LogP) is 4.44. The van der Waals surface area contributed by atoms with Crippen molar-refractivity contribution in [2.45, 2.75) is 90.3 Å². The number of benzene rings is 1. The molecule has 3 rings (SSSR count). The molecule has 2 aliphatic rings. The third-order valence-corrected chi connectivity index (χ3v) is 7.63. The molecular formula is C27H47N4O+. The molecule has 32 heavy (non-hydrogen) atoms. The van der Waals surface area contributed by atoms with Crippen LogP contribution in [0.25, 0.3) is 0 Å². The number of unbranched alkanes of at least 4 members (excludes halogenated alkanes) is 1. The van der Waals surface area contributed by atoms with Crippen molar-refractivity contribution >= 4 is 6.21 Å². The van der Waals surface area contributed by atoms with Crippen molar-refractivity contribution in [3.8, 4) is 5.75 Å². The van der Waals surface area contributed by atoms with E-state index in [-0.39, 0.29) is 17.5 Å². The van der Waals surface area contributed by atoms with Gasteiger partial charge in [-0.2, -0.15) is 0 Å². The van der Waals surface area contributed by atoms with Gasteiger partial charge in [0.1, 0.15) is 5.75 Å². The summed E-state index contributed by atoms with van der Waals surface area (Å²) in [5, 5.41) is 11.2. The highest BCUT2D eigenvalue weighted by Gasteiger charge is 2.29. The van der Waals surface area contributed by atoms with Crippen LogP contribution in [0.15, 0.2) is 17.1 Å². The Morgan fingerprint density at radius 2 is 1.88 bits per heavy atom. The third kappa shape index (κ3) is 6.55. The average molecular weight is 444 g/mol. The summed E-state index contributed by atoms with van der Waals surface area (Å²) >= 11 is 0. The molecule has 1 aromatic rings. The summed E-state index contributed by atoms with van der Waals surface area (Å²) in [6.07, 6.45) is 8.95. The smallest absolute Gasteiger partial charge is 0.128 e. The molecule has 0 aromatic heterocycles. The van der Waals surface area contributed by atoms with Crippen molar-refractivity contribution in [1.82, 2.24) is 4.90 Å². The molecule has 1 saturated heterocycles. The zero-order valence-corrected chi connectivity index (χ0v) is 21.2. The molecule has 3 N–H and O–H groups in total. The molecule has 0 radical (unpaired) electrons. The zero-order chi connectivity index (χ0) is 23.4. The summed E-state index contributed by atoms with van der Waals surface area (Å²) in [4.78, 5) is 7.33. The Balaban J connectivity index is 1.77. The quantitative estimate of drug-likeness (QED) is 0.484. The summed E-state index contributed by atoms with van der Waals surface area (Å²) in [6.45, 7) is 15.6. The second kappa shape index (κ2) is 10.7. The normalized spacial score (nSPS) is 24.8. The molecule has 0 amide bonds. The fourth-order valence-corrected chi connectivity index (χ4v) is 5.02. The fraction of sp³-hybridized carbons (Fsp3) is 0.741. The number of nitrogens with zero attached hydrogens (tertiary/aromatic N) is 3. The van der Waals surface area contributed by atoms with Crippen molar-refractivity contribution in [2.24, 2.45) is 10.7 Å². The van der Waals surface area contributed by atoms with Gasteiger partial charge in [0, 0.05) is 43.0 Å². The number of hydrogen-bond acceptors (Lipinski definition) is 4. The van der Waals surface area contributed by atoms with Gasteiger partial charge in [0.05, 0.1) is 32.7 Å². The number of rotatable bonds is 7.